The van der Waals surface area contributed by atoms with Crippen molar-refractivity contribution in [3.8, 4) is 22.5 Å². The largest absolute Gasteiger partial charge is 0.460 e. The fourth-order valence-electron chi connectivity index (χ4n) is 7.82. The quantitative estimate of drug-likeness (QED) is 0.166. The second-order valence-electron chi connectivity index (χ2n) is 13.9. The molecule has 4 atom stereocenters. The Bertz CT molecular complexity index is 1900. The first-order chi connectivity index (χ1) is 20.6. The third-order valence-electron chi connectivity index (χ3n) is 9.61. The maximum Gasteiger partial charge on any atom is 0.287 e. The van der Waals surface area contributed by atoms with Crippen LogP contribution in [0.5, 0.6) is 0 Å². The first-order valence-electron chi connectivity index (χ1n) is 15.4. The standard InChI is InChI=1S/C38H41N2O3/c1-8-29-35-34(38(29,41)20-42-7)33-26-14-10-9-13-25(26)30(37(4,5)6)18-28(33)32-19-31(39-21-40(32)35)27-15-11-12-23-17-24(16-22(2)3)43-36(23)27/h8-15,17-19,21-22,29,34-35,41H,1,16,20H2,2-7H3/q+1. The van der Waals surface area contributed by atoms with E-state index in [2.05, 4.69) is 106 Å². The highest BCUT2D eigenvalue weighted by molar-refractivity contribution is 5.97. The lowest BCUT2D eigenvalue weighted by molar-refractivity contribution is -0.746. The van der Waals surface area contributed by atoms with Crippen molar-refractivity contribution in [3.63, 3.8) is 0 Å². The summed E-state index contributed by atoms with van der Waals surface area (Å²) in [4.78, 5) is 5.03. The van der Waals surface area contributed by atoms with Crippen LogP contribution in [0.15, 0.2) is 84.1 Å². The molecule has 4 unspecified atom stereocenters. The second kappa shape index (κ2) is 9.87. The SMILES string of the molecule is C=CC1C2C(c3c(cc(C(C)(C)C)c4ccccc34)-c3cc(-c4cccc5cc(CC(C)C)oc45)nc[n+]32)C1(O)COC. The molecule has 2 aliphatic rings. The molecule has 5 heteroatoms. The van der Waals surface area contributed by atoms with E-state index in [0.717, 1.165) is 45.7 Å². The van der Waals surface area contributed by atoms with Gasteiger partial charge in [-0.1, -0.05) is 77.1 Å². The van der Waals surface area contributed by atoms with Gasteiger partial charge in [0.05, 0.1) is 24.0 Å². The van der Waals surface area contributed by atoms with E-state index < -0.39 is 5.60 Å². The average molecular weight is 574 g/mol. The molecule has 0 amide bonds. The Morgan fingerprint density at radius 2 is 1.84 bits per heavy atom. The monoisotopic (exact) mass is 573 g/mol. The summed E-state index contributed by atoms with van der Waals surface area (Å²) in [7, 11) is 1.66. The summed E-state index contributed by atoms with van der Waals surface area (Å²) in [6.07, 6.45) is 4.74. The predicted octanol–water partition coefficient (Wildman–Crippen LogP) is 7.93. The summed E-state index contributed by atoms with van der Waals surface area (Å²) in [6.45, 7) is 15.6. The maximum absolute atomic E-state index is 12.2. The Hall–Kier alpha value is -3.80. The van der Waals surface area contributed by atoms with Gasteiger partial charge < -0.3 is 14.3 Å². The van der Waals surface area contributed by atoms with Gasteiger partial charge in [-0.2, -0.15) is 0 Å². The van der Waals surface area contributed by atoms with Gasteiger partial charge in [-0.15, -0.1) is 6.58 Å². The molecule has 1 N–H and O–H groups in total. The molecule has 5 aromatic rings. The van der Waals surface area contributed by atoms with Crippen molar-refractivity contribution in [1.82, 2.24) is 4.98 Å². The third kappa shape index (κ3) is 4.12. The van der Waals surface area contributed by atoms with Crippen molar-refractivity contribution in [2.24, 2.45) is 11.8 Å². The van der Waals surface area contributed by atoms with Gasteiger partial charge in [-0.25, -0.2) is 4.57 Å². The number of fused-ring (bicyclic) bond motifs is 9. The zero-order valence-corrected chi connectivity index (χ0v) is 26.0. The van der Waals surface area contributed by atoms with Crippen LogP contribution in [-0.2, 0) is 16.6 Å². The van der Waals surface area contributed by atoms with E-state index >= 15 is 0 Å². The van der Waals surface area contributed by atoms with Crippen molar-refractivity contribution in [2.45, 2.75) is 64.0 Å². The minimum atomic E-state index is -1.07. The summed E-state index contributed by atoms with van der Waals surface area (Å²) in [5.74, 6) is 1.16. The molecule has 220 valence electrons. The molecule has 0 spiro atoms. The Morgan fingerprint density at radius 1 is 1.07 bits per heavy atom. The number of benzene rings is 3. The molecule has 3 aromatic carbocycles. The van der Waals surface area contributed by atoms with Crippen molar-refractivity contribution in [3.05, 3.63) is 96.5 Å². The Kier molecular flexibility index (Phi) is 6.42. The lowest BCUT2D eigenvalue weighted by atomic mass is 9.52. The Morgan fingerprint density at radius 3 is 2.53 bits per heavy atom. The predicted molar refractivity (Wildman–Crippen MR) is 172 cm³/mol. The van der Waals surface area contributed by atoms with Gasteiger partial charge >= 0.3 is 0 Å². The lowest BCUT2D eigenvalue weighted by Crippen LogP contribution is -2.71. The minimum absolute atomic E-state index is 0.0253. The van der Waals surface area contributed by atoms with Crippen LogP contribution >= 0.6 is 0 Å². The summed E-state index contributed by atoms with van der Waals surface area (Å²) in [5, 5.41) is 15.7. The summed E-state index contributed by atoms with van der Waals surface area (Å²) < 4.78 is 14.3. The third-order valence-corrected chi connectivity index (χ3v) is 9.61. The zero-order valence-electron chi connectivity index (χ0n) is 26.0. The van der Waals surface area contributed by atoms with E-state index in [0.29, 0.717) is 5.92 Å². The van der Waals surface area contributed by atoms with Crippen LogP contribution in [0, 0.1) is 11.8 Å². The van der Waals surface area contributed by atoms with Gasteiger partial charge in [0, 0.05) is 30.5 Å². The number of aromatic nitrogens is 2. The van der Waals surface area contributed by atoms with Crippen molar-refractivity contribution >= 4 is 21.7 Å². The molecule has 5 nitrogen and oxygen atoms in total. The molecule has 7 rings (SSSR count). The molecule has 1 aliphatic carbocycles. The molecule has 43 heavy (non-hydrogen) atoms. The van der Waals surface area contributed by atoms with Crippen LogP contribution in [0.1, 0.15) is 63.5 Å². The molecule has 1 saturated carbocycles. The molecule has 0 saturated heterocycles. The van der Waals surface area contributed by atoms with Crippen LogP contribution < -0.4 is 4.57 Å². The van der Waals surface area contributed by atoms with Crippen molar-refractivity contribution in [1.29, 1.82) is 0 Å². The fraction of sp³-hybridized carbons (Fsp3) is 0.368. The highest BCUT2D eigenvalue weighted by Crippen LogP contribution is 2.62. The van der Waals surface area contributed by atoms with Gasteiger partial charge in [-0.05, 0) is 56.4 Å². The van der Waals surface area contributed by atoms with Crippen LogP contribution in [0.3, 0.4) is 0 Å². The van der Waals surface area contributed by atoms with Crippen LogP contribution in [0.4, 0.5) is 0 Å². The number of aliphatic hydroxyl groups is 1. The number of furan rings is 1. The number of rotatable bonds is 6. The van der Waals surface area contributed by atoms with Crippen molar-refractivity contribution in [2.75, 3.05) is 13.7 Å². The normalized spacial score (nSPS) is 22.7. The number of para-hydroxylation sites is 1. The number of nitrogens with zero attached hydrogens (tertiary/aromatic N) is 2. The molecule has 3 heterocycles. The molecule has 0 bridgehead atoms. The van der Waals surface area contributed by atoms with Crippen LogP contribution in [0.2, 0.25) is 0 Å². The number of hydrogen-bond donors (Lipinski definition) is 1. The minimum Gasteiger partial charge on any atom is -0.460 e. The van der Waals surface area contributed by atoms with Gasteiger partial charge in [-0.3, -0.25) is 0 Å². The summed E-state index contributed by atoms with van der Waals surface area (Å²) in [5.41, 5.74) is 6.28. The van der Waals surface area contributed by atoms with E-state index in [4.69, 9.17) is 14.1 Å². The number of ether oxygens (including phenoxy) is 1. The number of hydrogen-bond acceptors (Lipinski definition) is 4. The van der Waals surface area contributed by atoms with E-state index in [9.17, 15) is 5.11 Å². The maximum atomic E-state index is 12.2. The summed E-state index contributed by atoms with van der Waals surface area (Å²) in [6, 6.07) is 21.7. The van der Waals surface area contributed by atoms with Crippen LogP contribution in [0.25, 0.3) is 44.3 Å². The molecule has 1 fully saturated rings. The van der Waals surface area contributed by atoms with Gasteiger partial charge in [0.2, 0.25) is 0 Å². The first-order valence-corrected chi connectivity index (χ1v) is 15.4. The highest BCUT2D eigenvalue weighted by Gasteiger charge is 2.66. The fourth-order valence-corrected chi connectivity index (χ4v) is 7.82. The second-order valence-corrected chi connectivity index (χ2v) is 13.9. The molecular weight excluding hydrogens is 532 g/mol. The Labute approximate surface area is 253 Å². The Balaban J connectivity index is 1.51. The van der Waals surface area contributed by atoms with E-state index in [-0.39, 0.29) is 29.9 Å². The van der Waals surface area contributed by atoms with Crippen molar-refractivity contribution < 1.29 is 18.8 Å². The number of methoxy groups -OCH3 is 1. The van der Waals surface area contributed by atoms with Crippen LogP contribution in [-0.4, -0.2) is 29.4 Å². The molecule has 2 aromatic heterocycles. The molecular formula is C38H41N2O3+. The van der Waals surface area contributed by atoms with E-state index in [1.165, 1.54) is 21.9 Å². The lowest BCUT2D eigenvalue weighted by Gasteiger charge is -2.57. The van der Waals surface area contributed by atoms with E-state index in [1.54, 1.807) is 7.11 Å². The molecule has 0 radical (unpaired) electrons. The van der Waals surface area contributed by atoms with E-state index in [1.807, 2.05) is 12.4 Å². The zero-order chi connectivity index (χ0) is 30.3. The first kappa shape index (κ1) is 28.0. The smallest absolute Gasteiger partial charge is 0.287 e. The topological polar surface area (TPSA) is 59.4 Å². The molecule has 1 aliphatic heterocycles. The van der Waals surface area contributed by atoms with Gasteiger partial charge in [0.1, 0.15) is 28.7 Å². The highest BCUT2D eigenvalue weighted by atomic mass is 16.5. The van der Waals surface area contributed by atoms with Gasteiger partial charge in [0.15, 0.2) is 5.69 Å². The summed E-state index contributed by atoms with van der Waals surface area (Å²) >= 11 is 0. The average Bonchev–Trinajstić information content (AvgIpc) is 3.37. The van der Waals surface area contributed by atoms with Gasteiger partial charge in [0.25, 0.3) is 6.33 Å².